The van der Waals surface area contributed by atoms with Crippen LogP contribution < -0.4 is 10.5 Å². The number of carbonyl (C=O) groups is 1. The summed E-state index contributed by atoms with van der Waals surface area (Å²) in [7, 11) is 0. The van der Waals surface area contributed by atoms with Gasteiger partial charge in [0, 0.05) is 31.2 Å². The standard InChI is InChI=1S/C21H24F2N4O.C10H17F2NO3/c1-20(2,3)27-9-7-18(21(22,23)13-27)28-17-5-4-14(10-16(17)12-24)15-6-8-26-19(25)11-15;1-2-3-6-16-9(15)13-5-4-8(14)10(11,12)7-13/h4-6,8,10-11,18H,7,9,13H2,1-3H3,(H2,25,26);8,14H,2-7H2,1H3/t18-;8-/m00/s1. The van der Waals surface area contributed by atoms with Crippen molar-refractivity contribution in [1.29, 1.82) is 5.26 Å². The Morgan fingerprint density at radius 3 is 2.41 bits per heavy atom. The number of unbranched alkanes of at least 4 members (excludes halogenated alkanes) is 1. The first-order valence-electron chi connectivity index (χ1n) is 14.6. The van der Waals surface area contributed by atoms with E-state index >= 15 is 0 Å². The molecule has 2 fully saturated rings. The van der Waals surface area contributed by atoms with E-state index in [1.54, 1.807) is 41.4 Å². The molecular formula is C31H41F4N5O4. The van der Waals surface area contributed by atoms with Gasteiger partial charge in [0.2, 0.25) is 0 Å². The van der Waals surface area contributed by atoms with Gasteiger partial charge in [-0.3, -0.25) is 4.90 Å². The summed E-state index contributed by atoms with van der Waals surface area (Å²) in [6, 6.07) is 10.4. The minimum atomic E-state index is -3.23. The monoisotopic (exact) mass is 623 g/mol. The van der Waals surface area contributed by atoms with Crippen molar-refractivity contribution < 1.29 is 36.9 Å². The van der Waals surface area contributed by atoms with Gasteiger partial charge in [-0.15, -0.1) is 0 Å². The predicted octanol–water partition coefficient (Wildman–Crippen LogP) is 5.71. The molecule has 1 aromatic carbocycles. The fourth-order valence-electron chi connectivity index (χ4n) is 4.80. The molecule has 9 nitrogen and oxygen atoms in total. The van der Waals surface area contributed by atoms with Crippen LogP contribution in [0.4, 0.5) is 28.2 Å². The number of alkyl halides is 4. The van der Waals surface area contributed by atoms with Gasteiger partial charge in [0.25, 0.3) is 11.8 Å². The molecule has 242 valence electrons. The zero-order valence-corrected chi connectivity index (χ0v) is 25.5. The van der Waals surface area contributed by atoms with Crippen LogP contribution >= 0.6 is 0 Å². The zero-order valence-electron chi connectivity index (χ0n) is 25.5. The lowest BCUT2D eigenvalue weighted by Crippen LogP contribution is -2.58. The van der Waals surface area contributed by atoms with Crippen molar-refractivity contribution in [2.75, 3.05) is 38.5 Å². The quantitative estimate of drug-likeness (QED) is 0.310. The smallest absolute Gasteiger partial charge is 0.409 e. The second-order valence-electron chi connectivity index (χ2n) is 12.0. The number of halogens is 4. The lowest BCUT2D eigenvalue weighted by molar-refractivity contribution is -0.153. The number of ether oxygens (including phenoxy) is 2. The maximum absolute atomic E-state index is 14.7. The molecule has 4 rings (SSSR count). The van der Waals surface area contributed by atoms with Crippen LogP contribution in [0.1, 0.15) is 58.9 Å². The number of hydrogen-bond acceptors (Lipinski definition) is 8. The molecule has 0 aliphatic carbocycles. The number of hydrogen-bond donors (Lipinski definition) is 2. The molecule has 1 aromatic heterocycles. The molecule has 3 heterocycles. The first-order valence-corrected chi connectivity index (χ1v) is 14.6. The van der Waals surface area contributed by atoms with E-state index in [0.717, 1.165) is 28.9 Å². The van der Waals surface area contributed by atoms with Gasteiger partial charge in [-0.1, -0.05) is 19.4 Å². The summed E-state index contributed by atoms with van der Waals surface area (Å²) < 4.78 is 66.0. The Balaban J connectivity index is 0.000000281. The molecule has 0 saturated carbocycles. The number of nitrogens with two attached hydrogens (primary N) is 1. The summed E-state index contributed by atoms with van der Waals surface area (Å²) in [5.74, 6) is -5.71. The van der Waals surface area contributed by atoms with Crippen molar-refractivity contribution in [3.05, 3.63) is 42.1 Å². The number of pyridine rings is 1. The molecule has 3 N–H and O–H groups in total. The lowest BCUT2D eigenvalue weighted by Gasteiger charge is -2.44. The van der Waals surface area contributed by atoms with Crippen molar-refractivity contribution in [2.24, 2.45) is 0 Å². The van der Waals surface area contributed by atoms with Gasteiger partial charge in [-0.25, -0.2) is 27.3 Å². The molecule has 2 aromatic rings. The average Bonchev–Trinajstić information content (AvgIpc) is 2.95. The third kappa shape index (κ3) is 9.19. The number of amides is 1. The van der Waals surface area contributed by atoms with E-state index in [9.17, 15) is 27.6 Å². The molecule has 2 aliphatic heterocycles. The normalized spacial score (nSPS) is 21.4. The molecule has 0 bridgehead atoms. The zero-order chi connectivity index (χ0) is 32.7. The molecule has 2 atom stereocenters. The predicted molar refractivity (Wildman–Crippen MR) is 158 cm³/mol. The van der Waals surface area contributed by atoms with Crippen molar-refractivity contribution in [3.63, 3.8) is 0 Å². The van der Waals surface area contributed by atoms with Crippen molar-refractivity contribution in [2.45, 2.75) is 83.0 Å². The maximum atomic E-state index is 14.7. The fraction of sp³-hybridized carbons (Fsp3) is 0.581. The lowest BCUT2D eigenvalue weighted by atomic mass is 9.96. The Morgan fingerprint density at radius 1 is 1.11 bits per heavy atom. The summed E-state index contributed by atoms with van der Waals surface area (Å²) in [4.78, 5) is 18.0. The van der Waals surface area contributed by atoms with Gasteiger partial charge < -0.3 is 25.2 Å². The van der Waals surface area contributed by atoms with Gasteiger partial charge in [-0.2, -0.15) is 5.26 Å². The van der Waals surface area contributed by atoms with Gasteiger partial charge >= 0.3 is 6.09 Å². The van der Waals surface area contributed by atoms with E-state index < -0.39 is 36.7 Å². The van der Waals surface area contributed by atoms with Crippen LogP contribution in [0.15, 0.2) is 36.5 Å². The van der Waals surface area contributed by atoms with Gasteiger partial charge in [0.1, 0.15) is 23.7 Å². The number of aromatic nitrogens is 1. The fourth-order valence-corrected chi connectivity index (χ4v) is 4.80. The highest BCUT2D eigenvalue weighted by Crippen LogP contribution is 2.36. The van der Waals surface area contributed by atoms with Crippen LogP contribution in [0.25, 0.3) is 11.1 Å². The highest BCUT2D eigenvalue weighted by molar-refractivity contribution is 5.69. The second-order valence-corrected chi connectivity index (χ2v) is 12.0. The molecular weight excluding hydrogens is 582 g/mol. The van der Waals surface area contributed by atoms with Crippen LogP contribution in [0, 0.1) is 11.3 Å². The summed E-state index contributed by atoms with van der Waals surface area (Å²) in [6.45, 7) is 7.45. The highest BCUT2D eigenvalue weighted by Gasteiger charge is 2.49. The Bertz CT molecular complexity index is 1310. The number of benzene rings is 1. The topological polar surface area (TPSA) is 125 Å². The van der Waals surface area contributed by atoms with Gasteiger partial charge in [-0.05, 0) is 69.0 Å². The van der Waals surface area contributed by atoms with Crippen LogP contribution in [0.3, 0.4) is 0 Å². The van der Waals surface area contributed by atoms with Crippen LogP contribution in [0.5, 0.6) is 5.75 Å². The number of nitrogen functional groups attached to an aromatic ring is 1. The first-order chi connectivity index (χ1) is 20.6. The van der Waals surface area contributed by atoms with Crippen molar-refractivity contribution in [1.82, 2.24) is 14.8 Å². The molecule has 1 amide bonds. The molecule has 0 radical (unpaired) electrons. The number of aliphatic hydroxyl groups excluding tert-OH is 1. The molecule has 2 aliphatic rings. The van der Waals surface area contributed by atoms with E-state index in [4.69, 9.17) is 20.3 Å². The summed E-state index contributed by atoms with van der Waals surface area (Å²) in [5, 5.41) is 18.5. The number of likely N-dealkylation sites (tertiary alicyclic amines) is 2. The van der Waals surface area contributed by atoms with E-state index in [-0.39, 0.29) is 49.4 Å². The number of rotatable bonds is 6. The number of piperidine rings is 2. The number of nitriles is 1. The molecule has 2 saturated heterocycles. The first kappa shape index (κ1) is 34.9. The second kappa shape index (κ2) is 14.4. The molecule has 44 heavy (non-hydrogen) atoms. The summed E-state index contributed by atoms with van der Waals surface area (Å²) in [5.41, 5.74) is 7.11. The number of carbonyl (C=O) groups excluding carboxylic acids is 1. The summed E-state index contributed by atoms with van der Waals surface area (Å²) in [6.07, 6.45) is -0.396. The maximum Gasteiger partial charge on any atom is 0.409 e. The van der Waals surface area contributed by atoms with Gasteiger partial charge in [0.15, 0.2) is 6.10 Å². The van der Waals surface area contributed by atoms with E-state index in [2.05, 4.69) is 4.98 Å². The Labute approximate surface area is 255 Å². The molecule has 13 heteroatoms. The van der Waals surface area contributed by atoms with E-state index in [0.29, 0.717) is 12.4 Å². The van der Waals surface area contributed by atoms with Crippen molar-refractivity contribution >= 4 is 11.9 Å². The van der Waals surface area contributed by atoms with Crippen LogP contribution in [-0.2, 0) is 4.74 Å². The van der Waals surface area contributed by atoms with Crippen LogP contribution in [0.2, 0.25) is 0 Å². The number of nitrogens with zero attached hydrogens (tertiary/aromatic N) is 4. The minimum absolute atomic E-state index is 0.113. The SMILES string of the molecule is CC(C)(C)N1CC[C@H](Oc2ccc(-c3ccnc(N)c3)cc2C#N)C(F)(F)C1.CCCCOC(=O)N1CC[C@H](O)C(F)(F)C1. The minimum Gasteiger partial charge on any atom is -0.483 e. The Morgan fingerprint density at radius 2 is 1.82 bits per heavy atom. The number of aliphatic hydroxyl groups is 1. The Hall–Kier alpha value is -3.63. The van der Waals surface area contributed by atoms with E-state index in [1.807, 2.05) is 33.8 Å². The third-order valence-corrected chi connectivity index (χ3v) is 7.51. The Kier molecular flexibility index (Phi) is 11.4. The van der Waals surface area contributed by atoms with Crippen molar-refractivity contribution in [3.8, 4) is 22.9 Å². The third-order valence-electron chi connectivity index (χ3n) is 7.51. The molecule has 0 spiro atoms. The number of anilines is 1. The molecule has 0 unspecified atom stereocenters. The average molecular weight is 624 g/mol. The van der Waals surface area contributed by atoms with Crippen LogP contribution in [-0.4, -0.2) is 88.4 Å². The summed E-state index contributed by atoms with van der Waals surface area (Å²) >= 11 is 0. The van der Waals surface area contributed by atoms with Gasteiger partial charge in [0.05, 0.1) is 25.3 Å². The highest BCUT2D eigenvalue weighted by atomic mass is 19.3. The largest absolute Gasteiger partial charge is 0.483 e. The van der Waals surface area contributed by atoms with E-state index in [1.165, 1.54) is 0 Å².